The number of likely N-dealkylation sites (N-methyl/N-ethyl adjacent to an activating group) is 1. The van der Waals surface area contributed by atoms with Crippen LogP contribution in [0.2, 0.25) is 0 Å². The fraction of sp³-hybridized carbons (Fsp3) is 0.632. The Labute approximate surface area is 181 Å². The maximum Gasteiger partial charge on any atom is 0.389 e. The highest BCUT2D eigenvalue weighted by atomic mass is 35.6. The lowest BCUT2D eigenvalue weighted by Gasteiger charge is -2.38. The van der Waals surface area contributed by atoms with Crippen LogP contribution in [-0.4, -0.2) is 58.3 Å². The lowest BCUT2D eigenvalue weighted by molar-refractivity contribution is -0.0962. The number of urea groups is 1. The quantitative estimate of drug-likeness (QED) is 0.689. The van der Waals surface area contributed by atoms with Gasteiger partial charge in [-0.2, -0.15) is 0 Å². The molecule has 3 rings (SSSR count). The number of piperazine rings is 1. The molecule has 28 heavy (non-hydrogen) atoms. The largest absolute Gasteiger partial charge is 0.428 e. The third kappa shape index (κ3) is 4.25. The highest BCUT2D eigenvalue weighted by Gasteiger charge is 2.60. The number of hydrogen-bond donors (Lipinski definition) is 1. The van der Waals surface area contributed by atoms with E-state index in [0.717, 1.165) is 25.2 Å². The normalized spacial score (nSPS) is 23.0. The highest BCUT2D eigenvalue weighted by molar-refractivity contribution is 6.68. The molecule has 0 bridgehead atoms. The van der Waals surface area contributed by atoms with Gasteiger partial charge >= 0.3 is 11.9 Å². The summed E-state index contributed by atoms with van der Waals surface area (Å²) in [7, 11) is 0. The van der Waals surface area contributed by atoms with E-state index in [-0.39, 0.29) is 5.41 Å². The molecule has 0 aromatic heterocycles. The predicted octanol–water partition coefficient (Wildman–Crippen LogP) is 4.13. The van der Waals surface area contributed by atoms with Crippen molar-refractivity contribution in [3.05, 3.63) is 23.8 Å². The third-order valence-corrected chi connectivity index (χ3v) is 5.81. The van der Waals surface area contributed by atoms with Crippen LogP contribution < -0.4 is 14.8 Å². The van der Waals surface area contributed by atoms with Crippen molar-refractivity contribution in [2.45, 2.75) is 42.8 Å². The van der Waals surface area contributed by atoms with Crippen LogP contribution >= 0.6 is 34.8 Å². The van der Waals surface area contributed by atoms with Gasteiger partial charge < -0.3 is 19.3 Å². The number of fused-ring (bicyclic) bond motifs is 1. The van der Waals surface area contributed by atoms with Gasteiger partial charge in [-0.05, 0) is 29.7 Å². The van der Waals surface area contributed by atoms with Crippen molar-refractivity contribution in [2.24, 2.45) is 0 Å². The average molecular weight is 451 g/mol. The fourth-order valence-electron chi connectivity index (χ4n) is 3.19. The summed E-state index contributed by atoms with van der Waals surface area (Å²) in [6.07, 6.45) is 0. The molecule has 1 aromatic rings. The third-order valence-electron chi connectivity index (χ3n) is 5.07. The van der Waals surface area contributed by atoms with E-state index in [9.17, 15) is 4.79 Å². The van der Waals surface area contributed by atoms with Crippen molar-refractivity contribution in [1.29, 1.82) is 0 Å². The number of alkyl halides is 3. The minimum atomic E-state index is -2.05. The van der Waals surface area contributed by atoms with E-state index in [1.54, 1.807) is 11.0 Å². The van der Waals surface area contributed by atoms with Gasteiger partial charge in [-0.25, -0.2) is 4.79 Å². The fourth-order valence-corrected chi connectivity index (χ4v) is 3.57. The highest BCUT2D eigenvalue weighted by Crippen LogP contribution is 2.49. The molecule has 1 N–H and O–H groups in total. The van der Waals surface area contributed by atoms with Gasteiger partial charge in [-0.1, -0.05) is 68.6 Å². The van der Waals surface area contributed by atoms with E-state index in [0.29, 0.717) is 24.6 Å². The Morgan fingerprint density at radius 2 is 1.71 bits per heavy atom. The zero-order valence-electron chi connectivity index (χ0n) is 16.5. The first-order valence-electron chi connectivity index (χ1n) is 9.34. The number of ether oxygens (including phenoxy) is 2. The van der Waals surface area contributed by atoms with Gasteiger partial charge in [0.2, 0.25) is 0 Å². The summed E-state index contributed by atoms with van der Waals surface area (Å²) in [6.45, 7) is 12.1. The summed E-state index contributed by atoms with van der Waals surface area (Å²) in [5.41, 5.74) is 0.947. The molecular weight excluding hydrogens is 425 g/mol. The standard InChI is InChI=1S/C19H26Cl3N3O3/c1-5-24-8-10-25(11-9-24)16(26)23-19(18(20,21)22)27-14-7-6-13(17(2,3)4)12-15(14)28-19/h6-7,12H,5,8-11H2,1-4H3,(H,23,26). The zero-order chi connectivity index (χ0) is 20.7. The molecule has 156 valence electrons. The Morgan fingerprint density at radius 1 is 1.11 bits per heavy atom. The second-order valence-electron chi connectivity index (χ2n) is 8.08. The molecule has 9 heteroatoms. The van der Waals surface area contributed by atoms with Gasteiger partial charge in [0, 0.05) is 26.2 Å². The van der Waals surface area contributed by atoms with Gasteiger partial charge in [0.15, 0.2) is 11.5 Å². The van der Waals surface area contributed by atoms with Crippen molar-refractivity contribution in [1.82, 2.24) is 15.1 Å². The Balaban J connectivity index is 1.80. The first-order valence-corrected chi connectivity index (χ1v) is 10.5. The second-order valence-corrected chi connectivity index (χ2v) is 10.4. The minimum absolute atomic E-state index is 0.0914. The molecule has 1 fully saturated rings. The van der Waals surface area contributed by atoms with Crippen molar-refractivity contribution < 1.29 is 14.3 Å². The molecule has 2 aliphatic rings. The van der Waals surface area contributed by atoms with E-state index in [2.05, 4.69) is 37.9 Å². The van der Waals surface area contributed by atoms with Crippen molar-refractivity contribution >= 4 is 40.8 Å². The molecule has 2 aliphatic heterocycles. The van der Waals surface area contributed by atoms with Crippen molar-refractivity contribution in [2.75, 3.05) is 32.7 Å². The summed E-state index contributed by atoms with van der Waals surface area (Å²) in [5.74, 6) is -1.10. The lowest BCUT2D eigenvalue weighted by Crippen LogP contribution is -2.66. The molecule has 0 spiro atoms. The summed E-state index contributed by atoms with van der Waals surface area (Å²) >= 11 is 18.6. The number of rotatable bonds is 2. The van der Waals surface area contributed by atoms with Crippen LogP contribution in [0.15, 0.2) is 18.2 Å². The Bertz CT molecular complexity index is 740. The molecule has 0 saturated carbocycles. The van der Waals surface area contributed by atoms with Crippen molar-refractivity contribution in [3.8, 4) is 11.5 Å². The monoisotopic (exact) mass is 449 g/mol. The summed E-state index contributed by atoms with van der Waals surface area (Å²) in [5, 5.41) is 2.67. The van der Waals surface area contributed by atoms with Gasteiger partial charge in [0.25, 0.3) is 3.79 Å². The number of halogens is 3. The van der Waals surface area contributed by atoms with Gasteiger partial charge in [-0.3, -0.25) is 5.32 Å². The number of carbonyl (C=O) groups excluding carboxylic acids is 1. The van der Waals surface area contributed by atoms with E-state index in [4.69, 9.17) is 44.3 Å². The first-order chi connectivity index (χ1) is 12.9. The summed E-state index contributed by atoms with van der Waals surface area (Å²) in [6, 6.07) is 5.15. The molecule has 2 heterocycles. The summed E-state index contributed by atoms with van der Waals surface area (Å²) < 4.78 is 9.71. The molecule has 1 saturated heterocycles. The number of amides is 2. The molecule has 1 unspecified atom stereocenters. The van der Waals surface area contributed by atoms with Crippen LogP contribution in [0.4, 0.5) is 4.79 Å². The van der Waals surface area contributed by atoms with Crippen molar-refractivity contribution in [3.63, 3.8) is 0 Å². The molecule has 0 radical (unpaired) electrons. The molecule has 6 nitrogen and oxygen atoms in total. The second kappa shape index (κ2) is 7.63. The first kappa shape index (κ1) is 21.6. The Hall–Kier alpha value is -1.08. The zero-order valence-corrected chi connectivity index (χ0v) is 18.8. The molecule has 0 aliphatic carbocycles. The number of nitrogens with one attached hydrogen (secondary N) is 1. The van der Waals surface area contributed by atoms with E-state index < -0.39 is 15.7 Å². The van der Waals surface area contributed by atoms with Crippen LogP contribution in [0, 0.1) is 0 Å². The number of carbonyl (C=O) groups is 1. The van der Waals surface area contributed by atoms with E-state index in [1.807, 2.05) is 12.1 Å². The van der Waals surface area contributed by atoms with Crippen LogP contribution in [0.1, 0.15) is 33.3 Å². The van der Waals surface area contributed by atoms with Crippen LogP contribution in [-0.2, 0) is 5.41 Å². The predicted molar refractivity (Wildman–Crippen MR) is 112 cm³/mol. The molecular formula is C19H26Cl3N3O3. The molecule has 2 amide bonds. The van der Waals surface area contributed by atoms with Gasteiger partial charge in [-0.15, -0.1) is 0 Å². The average Bonchev–Trinajstić information content (AvgIpc) is 2.99. The smallest absolute Gasteiger partial charge is 0.389 e. The minimum Gasteiger partial charge on any atom is -0.428 e. The molecule has 1 aromatic carbocycles. The number of benzene rings is 1. The lowest BCUT2D eigenvalue weighted by atomic mass is 9.87. The van der Waals surface area contributed by atoms with Crippen LogP contribution in [0.5, 0.6) is 11.5 Å². The Kier molecular flexibility index (Phi) is 5.90. The van der Waals surface area contributed by atoms with E-state index in [1.165, 1.54) is 0 Å². The summed E-state index contributed by atoms with van der Waals surface area (Å²) in [4.78, 5) is 16.8. The van der Waals surface area contributed by atoms with E-state index >= 15 is 0 Å². The topological polar surface area (TPSA) is 54.0 Å². The number of hydrogen-bond acceptors (Lipinski definition) is 4. The SMILES string of the molecule is CCN1CCN(C(=O)NC2(C(Cl)(Cl)Cl)Oc3ccc(C(C)(C)C)cc3O2)CC1. The van der Waals surface area contributed by atoms with Gasteiger partial charge in [0.1, 0.15) is 0 Å². The maximum atomic E-state index is 12.8. The number of nitrogens with zero attached hydrogens (tertiary/aromatic N) is 2. The van der Waals surface area contributed by atoms with Crippen LogP contribution in [0.25, 0.3) is 0 Å². The Morgan fingerprint density at radius 3 is 2.25 bits per heavy atom. The van der Waals surface area contributed by atoms with Crippen LogP contribution in [0.3, 0.4) is 0 Å². The molecule has 1 atom stereocenters. The maximum absolute atomic E-state index is 12.8. The van der Waals surface area contributed by atoms with Gasteiger partial charge in [0.05, 0.1) is 0 Å².